The second-order valence-corrected chi connectivity index (χ2v) is 7.33. The molecule has 1 unspecified atom stereocenters. The Kier molecular flexibility index (Phi) is 3.41. The number of allylic oxidation sites excluding steroid dienone is 4. The molecule has 0 spiro atoms. The molecule has 2 aromatic rings. The van der Waals surface area contributed by atoms with Crippen LogP contribution in [0.15, 0.2) is 84.0 Å². The quantitative estimate of drug-likeness (QED) is 0.589. The van der Waals surface area contributed by atoms with Crippen molar-refractivity contribution < 1.29 is 0 Å². The van der Waals surface area contributed by atoms with Crippen LogP contribution in [0.25, 0.3) is 0 Å². The van der Waals surface area contributed by atoms with Crippen LogP contribution in [0.5, 0.6) is 0 Å². The average molecular weight is 299 g/mol. The molecule has 1 saturated carbocycles. The van der Waals surface area contributed by atoms with E-state index in [9.17, 15) is 0 Å². The van der Waals surface area contributed by atoms with Gasteiger partial charge in [-0.2, -0.15) is 0 Å². The van der Waals surface area contributed by atoms with E-state index in [1.54, 1.807) is 0 Å². The van der Waals surface area contributed by atoms with Gasteiger partial charge in [0.15, 0.2) is 0 Å². The van der Waals surface area contributed by atoms with Gasteiger partial charge in [0.25, 0.3) is 0 Å². The van der Waals surface area contributed by atoms with Gasteiger partial charge in [-0.25, -0.2) is 0 Å². The predicted molar refractivity (Wildman–Crippen MR) is 97.2 cm³/mol. The van der Waals surface area contributed by atoms with E-state index in [4.69, 9.17) is 0 Å². The molecule has 23 heavy (non-hydrogen) atoms. The third-order valence-electron chi connectivity index (χ3n) is 5.06. The Morgan fingerprint density at radius 1 is 0.870 bits per heavy atom. The molecule has 4 rings (SSSR count). The zero-order chi connectivity index (χ0) is 15.9. The fourth-order valence-electron chi connectivity index (χ4n) is 4.07. The number of hydrogen-bond donors (Lipinski definition) is 0. The Hall–Kier alpha value is -2.21. The third kappa shape index (κ3) is 2.63. The lowest BCUT2D eigenvalue weighted by Crippen LogP contribution is -2.17. The van der Waals surface area contributed by atoms with Crippen molar-refractivity contribution in [3.8, 4) is 0 Å². The first kappa shape index (κ1) is 14.4. The average Bonchev–Trinajstić information content (AvgIpc) is 2.90. The van der Waals surface area contributed by atoms with Crippen LogP contribution >= 0.6 is 0 Å². The molecule has 114 valence electrons. The van der Waals surface area contributed by atoms with E-state index in [0.717, 1.165) is 6.42 Å². The molecule has 0 N–H and O–H groups in total. The molecule has 1 atom stereocenters. The highest BCUT2D eigenvalue weighted by atomic mass is 14.4. The summed E-state index contributed by atoms with van der Waals surface area (Å²) in [4.78, 5) is 0. The Balaban J connectivity index is 1.76. The molecule has 0 bridgehead atoms. The normalized spacial score (nSPS) is 22.3. The standard InChI is InChI=1S/C23H23/c1-23(2)15-21-19(17-9-5-3-6-10-17)13-14-20(22(21)16-23)18-11-7-4-8-12-18/h3-12,15-16,19H,13-14H2,1-2H3/q+1. The number of benzene rings is 2. The van der Waals surface area contributed by atoms with Crippen LogP contribution in [-0.4, -0.2) is 0 Å². The van der Waals surface area contributed by atoms with Crippen molar-refractivity contribution >= 4 is 0 Å². The van der Waals surface area contributed by atoms with Crippen LogP contribution < -0.4 is 0 Å². The van der Waals surface area contributed by atoms with Crippen LogP contribution in [0.2, 0.25) is 0 Å². The lowest BCUT2D eigenvalue weighted by atomic mass is 9.71. The van der Waals surface area contributed by atoms with Gasteiger partial charge >= 0.3 is 0 Å². The fourth-order valence-corrected chi connectivity index (χ4v) is 4.07. The predicted octanol–water partition coefficient (Wildman–Crippen LogP) is 6.08. The molecule has 0 aromatic heterocycles. The lowest BCUT2D eigenvalue weighted by molar-refractivity contribution is 0.626. The molecular weight excluding hydrogens is 276 g/mol. The molecule has 2 aromatic carbocycles. The smallest absolute Gasteiger partial charge is 0.0622 e. The summed E-state index contributed by atoms with van der Waals surface area (Å²) in [6.07, 6.45) is 7.32. The molecule has 1 fully saturated rings. The Morgan fingerprint density at radius 2 is 1.52 bits per heavy atom. The Labute approximate surface area is 139 Å². The first-order valence-electron chi connectivity index (χ1n) is 8.57. The largest absolute Gasteiger partial charge is 0.0757 e. The Morgan fingerprint density at radius 3 is 2.22 bits per heavy atom. The van der Waals surface area contributed by atoms with Crippen LogP contribution in [0.1, 0.15) is 43.7 Å². The van der Waals surface area contributed by atoms with Gasteiger partial charge in [-0.05, 0) is 56.2 Å². The maximum atomic E-state index is 2.49. The van der Waals surface area contributed by atoms with E-state index in [2.05, 4.69) is 86.7 Å². The van der Waals surface area contributed by atoms with Gasteiger partial charge < -0.3 is 0 Å². The molecular formula is C23H23+. The molecule has 0 heteroatoms. The van der Waals surface area contributed by atoms with Crippen LogP contribution in [-0.2, 0) is 0 Å². The molecule has 0 amide bonds. The van der Waals surface area contributed by atoms with Crippen molar-refractivity contribution in [3.05, 3.63) is 101 Å². The number of hydrogen-bond acceptors (Lipinski definition) is 0. The van der Waals surface area contributed by atoms with Gasteiger partial charge in [-0.3, -0.25) is 0 Å². The van der Waals surface area contributed by atoms with Crippen molar-refractivity contribution in [1.82, 2.24) is 0 Å². The van der Waals surface area contributed by atoms with Gasteiger partial charge in [0.2, 0.25) is 0 Å². The summed E-state index contributed by atoms with van der Waals surface area (Å²) < 4.78 is 0. The van der Waals surface area contributed by atoms with E-state index in [-0.39, 0.29) is 5.41 Å². The van der Waals surface area contributed by atoms with Gasteiger partial charge in [0.1, 0.15) is 0 Å². The maximum Gasteiger partial charge on any atom is 0.0757 e. The summed E-state index contributed by atoms with van der Waals surface area (Å²) in [6, 6.07) is 21.9. The molecule has 0 saturated heterocycles. The van der Waals surface area contributed by atoms with E-state index >= 15 is 0 Å². The molecule has 0 radical (unpaired) electrons. The zero-order valence-corrected chi connectivity index (χ0v) is 13.9. The summed E-state index contributed by atoms with van der Waals surface area (Å²) >= 11 is 0. The van der Waals surface area contributed by atoms with E-state index in [1.165, 1.54) is 34.6 Å². The van der Waals surface area contributed by atoms with Gasteiger partial charge in [0.05, 0.1) is 11.1 Å². The summed E-state index contributed by atoms with van der Waals surface area (Å²) in [5.41, 5.74) is 6.01. The molecule has 0 heterocycles. The second kappa shape index (κ2) is 5.45. The lowest BCUT2D eigenvalue weighted by Gasteiger charge is -2.28. The Bertz CT molecular complexity index is 682. The minimum Gasteiger partial charge on any atom is -0.0622 e. The highest BCUT2D eigenvalue weighted by molar-refractivity contribution is 5.62. The van der Waals surface area contributed by atoms with Crippen LogP contribution in [0, 0.1) is 11.3 Å². The van der Waals surface area contributed by atoms with Crippen molar-refractivity contribution in [2.24, 2.45) is 5.41 Å². The summed E-state index contributed by atoms with van der Waals surface area (Å²) in [5.74, 6) is 2.06. The molecule has 2 aliphatic carbocycles. The topological polar surface area (TPSA) is 0 Å². The number of fused-ring (bicyclic) bond motifs is 1. The van der Waals surface area contributed by atoms with Crippen molar-refractivity contribution in [3.63, 3.8) is 0 Å². The first-order chi connectivity index (χ1) is 11.1. The highest BCUT2D eigenvalue weighted by Gasteiger charge is 2.42. The summed E-state index contributed by atoms with van der Waals surface area (Å²) in [6.45, 7) is 4.63. The van der Waals surface area contributed by atoms with E-state index < -0.39 is 0 Å². The van der Waals surface area contributed by atoms with Crippen LogP contribution in [0.4, 0.5) is 0 Å². The second-order valence-electron chi connectivity index (χ2n) is 7.33. The van der Waals surface area contributed by atoms with Gasteiger partial charge in [-0.15, -0.1) is 0 Å². The molecule has 0 nitrogen and oxygen atoms in total. The van der Waals surface area contributed by atoms with Gasteiger partial charge in [-0.1, -0.05) is 30.3 Å². The monoisotopic (exact) mass is 299 g/mol. The van der Waals surface area contributed by atoms with E-state index in [1.807, 2.05) is 0 Å². The first-order valence-corrected chi connectivity index (χ1v) is 8.57. The highest BCUT2D eigenvalue weighted by Crippen LogP contribution is 2.52. The minimum absolute atomic E-state index is 0.155. The molecule has 2 aliphatic rings. The van der Waals surface area contributed by atoms with Crippen molar-refractivity contribution in [2.45, 2.75) is 32.6 Å². The third-order valence-corrected chi connectivity index (χ3v) is 5.06. The van der Waals surface area contributed by atoms with Gasteiger partial charge in [0, 0.05) is 41.4 Å². The zero-order valence-electron chi connectivity index (χ0n) is 13.9. The van der Waals surface area contributed by atoms with Crippen molar-refractivity contribution in [1.29, 1.82) is 0 Å². The van der Waals surface area contributed by atoms with Crippen LogP contribution in [0.3, 0.4) is 0 Å². The maximum absolute atomic E-state index is 2.49. The number of rotatable bonds is 2. The minimum atomic E-state index is 0.155. The summed E-state index contributed by atoms with van der Waals surface area (Å²) in [5, 5.41) is 0. The SMILES string of the molecule is CC1(C)C=C2C(=C1)C(c1ccccc1)CC[C+]2c1ccccc1. The molecule has 0 aliphatic heterocycles. The fraction of sp³-hybridized carbons (Fsp3) is 0.261. The summed E-state index contributed by atoms with van der Waals surface area (Å²) in [7, 11) is 0. The van der Waals surface area contributed by atoms with Crippen molar-refractivity contribution in [2.75, 3.05) is 0 Å². The van der Waals surface area contributed by atoms with E-state index in [0.29, 0.717) is 5.92 Å².